The first-order valence-electron chi connectivity index (χ1n) is 10.8. The standard InChI is InChI=1S/C21H30F3N3O3S/c1-2-16-31(29,30)27-14-12-26(13-15-27)20(11-7-6-10-18(20)22)21(23,24)25-19(28)17-8-4-3-5-9-17/h3-5,8-9,18H,2,6-7,10-16H2,1H3,(H,25,28). The van der Waals surface area contributed by atoms with E-state index in [0.717, 1.165) is 0 Å². The van der Waals surface area contributed by atoms with Gasteiger partial charge in [0.15, 0.2) is 0 Å². The van der Waals surface area contributed by atoms with E-state index in [9.17, 15) is 13.2 Å². The summed E-state index contributed by atoms with van der Waals surface area (Å²) in [6, 6.07) is 3.81. The third-order valence-corrected chi connectivity index (χ3v) is 8.37. The number of hydrogen-bond donors (Lipinski definition) is 1. The van der Waals surface area contributed by atoms with Crippen LogP contribution in [0.15, 0.2) is 30.3 Å². The Kier molecular flexibility index (Phi) is 7.32. The number of nitrogens with zero attached hydrogens (tertiary/aromatic N) is 2. The van der Waals surface area contributed by atoms with Gasteiger partial charge in [-0.2, -0.15) is 13.1 Å². The number of nitrogens with one attached hydrogen (secondary N) is 1. The van der Waals surface area contributed by atoms with E-state index in [1.165, 1.54) is 21.3 Å². The smallest absolute Gasteiger partial charge is 0.292 e. The molecule has 10 heteroatoms. The molecule has 1 amide bonds. The molecular weight excluding hydrogens is 431 g/mol. The first-order valence-corrected chi connectivity index (χ1v) is 12.4. The molecule has 1 aromatic rings. The van der Waals surface area contributed by atoms with Gasteiger partial charge in [0, 0.05) is 31.7 Å². The minimum atomic E-state index is -3.83. The van der Waals surface area contributed by atoms with Crippen LogP contribution < -0.4 is 5.32 Å². The molecule has 2 fully saturated rings. The number of carbonyl (C=O) groups is 1. The van der Waals surface area contributed by atoms with Crippen molar-refractivity contribution in [3.05, 3.63) is 35.9 Å². The Balaban J connectivity index is 1.84. The summed E-state index contributed by atoms with van der Waals surface area (Å²) in [6.45, 7) is 1.79. The van der Waals surface area contributed by atoms with Crippen LogP contribution in [0.25, 0.3) is 0 Å². The molecule has 1 saturated carbocycles. The molecule has 2 unspecified atom stereocenters. The van der Waals surface area contributed by atoms with Gasteiger partial charge < -0.3 is 0 Å². The maximum atomic E-state index is 15.6. The van der Waals surface area contributed by atoms with Crippen molar-refractivity contribution in [3.63, 3.8) is 0 Å². The van der Waals surface area contributed by atoms with Gasteiger partial charge in [-0.05, 0) is 31.4 Å². The van der Waals surface area contributed by atoms with Crippen LogP contribution in [0.5, 0.6) is 0 Å². The van der Waals surface area contributed by atoms with Gasteiger partial charge >= 0.3 is 6.05 Å². The van der Waals surface area contributed by atoms with Crippen LogP contribution in [0.2, 0.25) is 0 Å². The molecule has 6 nitrogen and oxygen atoms in total. The van der Waals surface area contributed by atoms with Crippen LogP contribution in [0, 0.1) is 0 Å². The summed E-state index contributed by atoms with van der Waals surface area (Å²) in [6.07, 6.45) is -0.612. The molecule has 0 aromatic heterocycles. The number of rotatable bonds is 7. The fourth-order valence-corrected chi connectivity index (χ4v) is 6.18. The van der Waals surface area contributed by atoms with Gasteiger partial charge in [-0.15, -0.1) is 0 Å². The minimum Gasteiger partial charge on any atom is -0.292 e. The number of carbonyl (C=O) groups excluding carboxylic acids is 1. The van der Waals surface area contributed by atoms with Crippen LogP contribution >= 0.6 is 0 Å². The second-order valence-electron chi connectivity index (χ2n) is 8.23. The van der Waals surface area contributed by atoms with E-state index in [1.807, 2.05) is 0 Å². The Hall–Kier alpha value is -1.65. The van der Waals surface area contributed by atoms with Crippen molar-refractivity contribution in [3.8, 4) is 0 Å². The minimum absolute atomic E-state index is 0.00677. The molecule has 0 spiro atoms. The Morgan fingerprint density at radius 1 is 1.16 bits per heavy atom. The molecule has 1 saturated heterocycles. The van der Waals surface area contributed by atoms with Crippen molar-refractivity contribution >= 4 is 15.9 Å². The summed E-state index contributed by atoms with van der Waals surface area (Å²) in [5, 5.41) is 1.79. The largest absolute Gasteiger partial charge is 0.346 e. The normalized spacial score (nSPS) is 26.5. The predicted octanol–water partition coefficient (Wildman–Crippen LogP) is 3.02. The number of alkyl halides is 3. The summed E-state index contributed by atoms with van der Waals surface area (Å²) in [5.74, 6) is -0.973. The summed E-state index contributed by atoms with van der Waals surface area (Å²) in [7, 11) is -3.46. The molecule has 1 aliphatic heterocycles. The molecule has 2 aliphatic rings. The third-order valence-electron chi connectivity index (χ3n) is 6.29. The summed E-state index contributed by atoms with van der Waals surface area (Å²) >= 11 is 0. The monoisotopic (exact) mass is 461 g/mol. The van der Waals surface area contributed by atoms with E-state index in [1.54, 1.807) is 30.4 Å². The molecule has 174 valence electrons. The molecule has 1 heterocycles. The number of sulfonamides is 1. The molecule has 1 N–H and O–H groups in total. The van der Waals surface area contributed by atoms with Crippen molar-refractivity contribution in [2.75, 3.05) is 31.9 Å². The predicted molar refractivity (Wildman–Crippen MR) is 112 cm³/mol. The van der Waals surface area contributed by atoms with Gasteiger partial charge in [0.2, 0.25) is 10.0 Å². The van der Waals surface area contributed by atoms with Gasteiger partial charge in [0.25, 0.3) is 5.91 Å². The maximum absolute atomic E-state index is 15.6. The molecule has 2 atom stereocenters. The van der Waals surface area contributed by atoms with Crippen LogP contribution in [-0.4, -0.2) is 73.2 Å². The number of halogens is 3. The van der Waals surface area contributed by atoms with Crippen LogP contribution in [-0.2, 0) is 10.0 Å². The quantitative estimate of drug-likeness (QED) is 0.634. The highest BCUT2D eigenvalue weighted by Gasteiger charge is 2.64. The van der Waals surface area contributed by atoms with E-state index in [2.05, 4.69) is 0 Å². The van der Waals surface area contributed by atoms with Crippen molar-refractivity contribution in [2.45, 2.75) is 56.8 Å². The number of amides is 1. The number of benzene rings is 1. The van der Waals surface area contributed by atoms with Crippen LogP contribution in [0.1, 0.15) is 49.4 Å². The lowest BCUT2D eigenvalue weighted by molar-refractivity contribution is -0.203. The van der Waals surface area contributed by atoms with E-state index >= 15 is 13.2 Å². The number of hydrogen-bond acceptors (Lipinski definition) is 4. The number of piperazine rings is 1. The van der Waals surface area contributed by atoms with Crippen LogP contribution in [0.4, 0.5) is 13.2 Å². The average Bonchev–Trinajstić information content (AvgIpc) is 2.74. The van der Waals surface area contributed by atoms with E-state index < -0.39 is 33.7 Å². The Morgan fingerprint density at radius 2 is 1.81 bits per heavy atom. The van der Waals surface area contributed by atoms with Gasteiger partial charge in [-0.1, -0.05) is 38.0 Å². The fraction of sp³-hybridized carbons (Fsp3) is 0.667. The zero-order valence-corrected chi connectivity index (χ0v) is 18.5. The molecule has 31 heavy (non-hydrogen) atoms. The second-order valence-corrected chi connectivity index (χ2v) is 10.3. The summed E-state index contributed by atoms with van der Waals surface area (Å²) < 4.78 is 72.5. The highest BCUT2D eigenvalue weighted by atomic mass is 32.2. The topological polar surface area (TPSA) is 69.7 Å². The van der Waals surface area contributed by atoms with Crippen molar-refractivity contribution < 1.29 is 26.4 Å². The summed E-state index contributed by atoms with van der Waals surface area (Å²) in [4.78, 5) is 13.8. The lowest BCUT2D eigenvalue weighted by Crippen LogP contribution is -2.74. The van der Waals surface area contributed by atoms with E-state index in [0.29, 0.717) is 19.3 Å². The zero-order valence-electron chi connectivity index (χ0n) is 17.7. The fourth-order valence-electron chi connectivity index (χ4n) is 4.69. The molecule has 1 aromatic carbocycles. The second kappa shape index (κ2) is 9.46. The highest BCUT2D eigenvalue weighted by molar-refractivity contribution is 7.89. The molecule has 0 bridgehead atoms. The van der Waals surface area contributed by atoms with E-state index in [-0.39, 0.29) is 50.3 Å². The van der Waals surface area contributed by atoms with E-state index in [4.69, 9.17) is 0 Å². The molecule has 1 aliphatic carbocycles. The van der Waals surface area contributed by atoms with Crippen molar-refractivity contribution in [2.24, 2.45) is 0 Å². The molecular formula is C21H30F3N3O3S. The lowest BCUT2D eigenvalue weighted by atomic mass is 9.76. The van der Waals surface area contributed by atoms with Gasteiger partial charge in [0.05, 0.1) is 5.75 Å². The first kappa shape index (κ1) is 24.0. The average molecular weight is 462 g/mol. The Labute approximate surface area is 181 Å². The van der Waals surface area contributed by atoms with Gasteiger partial charge in [0.1, 0.15) is 11.7 Å². The summed E-state index contributed by atoms with van der Waals surface area (Å²) in [5.41, 5.74) is -2.13. The van der Waals surface area contributed by atoms with Crippen molar-refractivity contribution in [1.29, 1.82) is 0 Å². The maximum Gasteiger partial charge on any atom is 0.346 e. The van der Waals surface area contributed by atoms with Gasteiger partial charge in [-0.3, -0.25) is 15.0 Å². The SMILES string of the molecule is CCCS(=O)(=O)N1CCN(C2(C(F)(F)NC(=O)c3ccccc3)CCCCC2F)CC1. The lowest BCUT2D eigenvalue weighted by Gasteiger charge is -2.53. The Bertz CT molecular complexity index is 861. The molecule has 0 radical (unpaired) electrons. The highest BCUT2D eigenvalue weighted by Crippen LogP contribution is 2.46. The Morgan fingerprint density at radius 3 is 2.39 bits per heavy atom. The zero-order chi connectivity index (χ0) is 22.7. The van der Waals surface area contributed by atoms with Crippen LogP contribution in [0.3, 0.4) is 0 Å². The van der Waals surface area contributed by atoms with Crippen molar-refractivity contribution in [1.82, 2.24) is 14.5 Å². The first-order chi connectivity index (χ1) is 14.6. The molecule has 3 rings (SSSR count). The third kappa shape index (κ3) is 4.75. The van der Waals surface area contributed by atoms with Gasteiger partial charge in [-0.25, -0.2) is 12.8 Å².